The van der Waals surface area contributed by atoms with Crippen molar-refractivity contribution in [2.24, 2.45) is 11.7 Å². The second kappa shape index (κ2) is 4.93. The summed E-state index contributed by atoms with van der Waals surface area (Å²) in [7, 11) is 1.69. The Bertz CT molecular complexity index is 336. The molecule has 1 aromatic heterocycles. The lowest BCUT2D eigenvalue weighted by Gasteiger charge is -2.08. The average molecular weight is 225 g/mol. The Hall–Kier alpha value is -0.940. The lowest BCUT2D eigenvalue weighted by molar-refractivity contribution is 0.0751. The fourth-order valence-corrected chi connectivity index (χ4v) is 1.86. The zero-order valence-electron chi connectivity index (χ0n) is 9.85. The topological polar surface area (TPSA) is 74.2 Å². The maximum absolute atomic E-state index is 5.92. The van der Waals surface area contributed by atoms with Gasteiger partial charge in [-0.15, -0.1) is 0 Å². The van der Waals surface area contributed by atoms with Gasteiger partial charge in [0, 0.05) is 7.11 Å². The van der Waals surface area contributed by atoms with Crippen molar-refractivity contribution in [1.29, 1.82) is 0 Å². The minimum absolute atomic E-state index is 0.0219. The summed E-state index contributed by atoms with van der Waals surface area (Å²) in [5.74, 6) is 1.73. The fraction of sp³-hybridized carbons (Fsp3) is 0.818. The maximum Gasteiger partial charge on any atom is 0.243 e. The van der Waals surface area contributed by atoms with E-state index in [-0.39, 0.29) is 12.1 Å². The van der Waals surface area contributed by atoms with Crippen LogP contribution in [0, 0.1) is 5.92 Å². The van der Waals surface area contributed by atoms with Crippen LogP contribution in [0.2, 0.25) is 0 Å². The Kier molecular flexibility index (Phi) is 3.56. The summed E-state index contributed by atoms with van der Waals surface area (Å²) in [6.07, 6.45) is 4.22. The highest BCUT2D eigenvalue weighted by Gasteiger charge is 2.35. The van der Waals surface area contributed by atoms with E-state index in [1.807, 2.05) is 0 Å². The van der Waals surface area contributed by atoms with Crippen LogP contribution in [0.4, 0.5) is 0 Å². The minimum Gasteiger partial charge on any atom is -0.373 e. The number of methoxy groups -OCH3 is 1. The van der Waals surface area contributed by atoms with Gasteiger partial charge in [0.25, 0.3) is 0 Å². The zero-order valence-corrected chi connectivity index (χ0v) is 9.85. The van der Waals surface area contributed by atoms with Gasteiger partial charge in [0.15, 0.2) is 0 Å². The molecule has 2 atom stereocenters. The molecule has 1 aromatic rings. The lowest BCUT2D eigenvalue weighted by Crippen LogP contribution is -2.11. The average Bonchev–Trinajstić information content (AvgIpc) is 2.97. The standard InChI is InChI=1S/C11H19N3O2/c1-3-4-8(12)11-13-10(14-16-11)9(15-2)7-5-6-7/h7-9H,3-6,12H2,1-2H3/t8-,9?/m0/s1. The molecule has 5 heteroatoms. The Balaban J connectivity index is 2.05. The number of hydrogen-bond acceptors (Lipinski definition) is 5. The first-order chi connectivity index (χ1) is 7.76. The quantitative estimate of drug-likeness (QED) is 0.801. The first-order valence-electron chi connectivity index (χ1n) is 5.88. The molecule has 1 fully saturated rings. The van der Waals surface area contributed by atoms with E-state index in [1.165, 1.54) is 12.8 Å². The Morgan fingerprint density at radius 1 is 1.56 bits per heavy atom. The van der Waals surface area contributed by atoms with Crippen LogP contribution in [0.15, 0.2) is 4.52 Å². The van der Waals surface area contributed by atoms with E-state index in [1.54, 1.807) is 7.11 Å². The molecule has 1 aliphatic carbocycles. The summed E-state index contributed by atoms with van der Waals surface area (Å²) in [6.45, 7) is 2.08. The van der Waals surface area contributed by atoms with Crippen molar-refractivity contribution < 1.29 is 9.26 Å². The summed E-state index contributed by atoms with van der Waals surface area (Å²) < 4.78 is 10.6. The SMILES string of the molecule is CCC[C@H](N)c1nc(C(OC)C2CC2)no1. The minimum atomic E-state index is -0.150. The van der Waals surface area contributed by atoms with Crippen molar-refractivity contribution in [3.8, 4) is 0 Å². The number of nitrogens with two attached hydrogens (primary N) is 1. The second-order valence-corrected chi connectivity index (χ2v) is 4.38. The molecule has 0 bridgehead atoms. The molecule has 90 valence electrons. The van der Waals surface area contributed by atoms with Gasteiger partial charge in [0.2, 0.25) is 11.7 Å². The molecule has 1 unspecified atom stereocenters. The van der Waals surface area contributed by atoms with Gasteiger partial charge < -0.3 is 15.0 Å². The highest BCUT2D eigenvalue weighted by atomic mass is 16.5. The number of hydrogen-bond donors (Lipinski definition) is 1. The number of rotatable bonds is 6. The van der Waals surface area contributed by atoms with Crippen LogP contribution >= 0.6 is 0 Å². The van der Waals surface area contributed by atoms with E-state index in [4.69, 9.17) is 15.0 Å². The molecule has 2 rings (SSSR count). The lowest BCUT2D eigenvalue weighted by atomic mass is 10.2. The molecule has 0 saturated heterocycles. The molecular weight excluding hydrogens is 206 g/mol. The molecule has 1 heterocycles. The van der Waals surface area contributed by atoms with Gasteiger partial charge in [-0.05, 0) is 25.2 Å². The van der Waals surface area contributed by atoms with E-state index >= 15 is 0 Å². The number of ether oxygens (including phenoxy) is 1. The summed E-state index contributed by atoms with van der Waals surface area (Å²) in [4.78, 5) is 4.33. The maximum atomic E-state index is 5.92. The van der Waals surface area contributed by atoms with Crippen LogP contribution in [-0.4, -0.2) is 17.3 Å². The summed E-state index contributed by atoms with van der Waals surface area (Å²) in [5.41, 5.74) is 5.92. The Morgan fingerprint density at radius 3 is 2.88 bits per heavy atom. The first-order valence-corrected chi connectivity index (χ1v) is 5.88. The zero-order chi connectivity index (χ0) is 11.5. The van der Waals surface area contributed by atoms with Crippen LogP contribution in [-0.2, 0) is 4.74 Å². The molecule has 1 saturated carbocycles. The molecule has 0 amide bonds. The predicted molar refractivity (Wildman–Crippen MR) is 58.6 cm³/mol. The van der Waals surface area contributed by atoms with E-state index in [9.17, 15) is 0 Å². The monoisotopic (exact) mass is 225 g/mol. The van der Waals surface area contributed by atoms with Crippen molar-refractivity contribution in [3.63, 3.8) is 0 Å². The second-order valence-electron chi connectivity index (χ2n) is 4.38. The van der Waals surface area contributed by atoms with Crippen molar-refractivity contribution in [1.82, 2.24) is 10.1 Å². The summed E-state index contributed by atoms with van der Waals surface area (Å²) in [6, 6.07) is -0.150. The van der Waals surface area contributed by atoms with Gasteiger partial charge in [0.1, 0.15) is 6.10 Å². The van der Waals surface area contributed by atoms with E-state index < -0.39 is 0 Å². The number of aromatic nitrogens is 2. The van der Waals surface area contributed by atoms with Crippen LogP contribution in [0.3, 0.4) is 0 Å². The van der Waals surface area contributed by atoms with Crippen molar-refractivity contribution >= 4 is 0 Å². The molecule has 0 radical (unpaired) electrons. The molecule has 0 aliphatic heterocycles. The smallest absolute Gasteiger partial charge is 0.243 e. The normalized spacial score (nSPS) is 19.7. The highest BCUT2D eigenvalue weighted by Crippen LogP contribution is 2.42. The van der Waals surface area contributed by atoms with Crippen LogP contribution in [0.1, 0.15) is 56.5 Å². The van der Waals surface area contributed by atoms with Gasteiger partial charge in [-0.25, -0.2) is 0 Å². The summed E-state index contributed by atoms with van der Waals surface area (Å²) >= 11 is 0. The Morgan fingerprint density at radius 2 is 2.31 bits per heavy atom. The molecule has 0 aromatic carbocycles. The van der Waals surface area contributed by atoms with Gasteiger partial charge in [-0.3, -0.25) is 0 Å². The van der Waals surface area contributed by atoms with E-state index in [2.05, 4.69) is 17.1 Å². The molecule has 0 spiro atoms. The van der Waals surface area contributed by atoms with Gasteiger partial charge in [0.05, 0.1) is 6.04 Å². The first kappa shape index (κ1) is 11.5. The van der Waals surface area contributed by atoms with Gasteiger partial charge in [-0.2, -0.15) is 4.98 Å². The van der Waals surface area contributed by atoms with E-state index in [0.29, 0.717) is 17.6 Å². The van der Waals surface area contributed by atoms with Crippen LogP contribution in [0.25, 0.3) is 0 Å². The van der Waals surface area contributed by atoms with Crippen molar-refractivity contribution in [2.75, 3.05) is 7.11 Å². The molecule has 16 heavy (non-hydrogen) atoms. The third kappa shape index (κ3) is 2.41. The van der Waals surface area contributed by atoms with Crippen LogP contribution < -0.4 is 5.73 Å². The predicted octanol–water partition coefficient (Wildman–Crippen LogP) is 1.97. The molecular formula is C11H19N3O2. The molecule has 5 nitrogen and oxygen atoms in total. The fourth-order valence-electron chi connectivity index (χ4n) is 1.86. The highest BCUT2D eigenvalue weighted by molar-refractivity contribution is 5.00. The van der Waals surface area contributed by atoms with Crippen LogP contribution in [0.5, 0.6) is 0 Å². The largest absolute Gasteiger partial charge is 0.373 e. The van der Waals surface area contributed by atoms with Gasteiger partial charge >= 0.3 is 0 Å². The third-order valence-corrected chi connectivity index (χ3v) is 2.93. The molecule has 2 N–H and O–H groups in total. The van der Waals surface area contributed by atoms with Crippen molar-refractivity contribution in [2.45, 2.75) is 44.8 Å². The van der Waals surface area contributed by atoms with Gasteiger partial charge in [-0.1, -0.05) is 18.5 Å². The van der Waals surface area contributed by atoms with E-state index in [0.717, 1.165) is 12.8 Å². The Labute approximate surface area is 95.3 Å². The summed E-state index contributed by atoms with van der Waals surface area (Å²) in [5, 5.41) is 3.96. The molecule has 1 aliphatic rings. The third-order valence-electron chi connectivity index (χ3n) is 2.93. The number of nitrogens with zero attached hydrogens (tertiary/aromatic N) is 2. The van der Waals surface area contributed by atoms with Crippen molar-refractivity contribution in [3.05, 3.63) is 11.7 Å².